The van der Waals surface area contributed by atoms with Gasteiger partial charge in [-0.3, -0.25) is 0 Å². The van der Waals surface area contributed by atoms with Crippen LogP contribution in [0.4, 0.5) is 0 Å². The van der Waals surface area contributed by atoms with Crippen LogP contribution in [0.25, 0.3) is 11.1 Å². The molecule has 0 radical (unpaired) electrons. The predicted molar refractivity (Wildman–Crippen MR) is 74.3 cm³/mol. The van der Waals surface area contributed by atoms with Gasteiger partial charge in [0.05, 0.1) is 0 Å². The van der Waals surface area contributed by atoms with Crippen molar-refractivity contribution in [3.63, 3.8) is 0 Å². The van der Waals surface area contributed by atoms with Crippen LogP contribution in [0.15, 0.2) is 48.5 Å². The molecule has 0 aliphatic rings. The smallest absolute Gasteiger partial charge is 0.0457 e. The lowest BCUT2D eigenvalue weighted by Crippen LogP contribution is -2.11. The predicted octanol–water partition coefficient (Wildman–Crippen LogP) is 4.12. The van der Waals surface area contributed by atoms with E-state index in [1.165, 1.54) is 5.56 Å². The number of hydrogen-bond acceptors (Lipinski definition) is 1. The second-order valence-corrected chi connectivity index (χ2v) is 4.36. The van der Waals surface area contributed by atoms with Gasteiger partial charge in [-0.05, 0) is 29.3 Å². The van der Waals surface area contributed by atoms with Crippen LogP contribution in [-0.4, -0.2) is 6.54 Å². The van der Waals surface area contributed by atoms with Gasteiger partial charge in [0.1, 0.15) is 0 Å². The largest absolute Gasteiger partial charge is 0.313 e. The van der Waals surface area contributed by atoms with Gasteiger partial charge in [-0.25, -0.2) is 0 Å². The number of hydrogen-bond donors (Lipinski definition) is 1. The number of nitrogens with one attached hydrogen (secondary N) is 1. The summed E-state index contributed by atoms with van der Waals surface area (Å²) >= 11 is 6.28. The van der Waals surface area contributed by atoms with Gasteiger partial charge < -0.3 is 5.32 Å². The second-order valence-electron chi connectivity index (χ2n) is 3.95. The van der Waals surface area contributed by atoms with Crippen LogP contribution in [-0.2, 0) is 6.54 Å². The molecule has 2 aromatic rings. The SMILES string of the molecule is CCNCc1ccc(-c2ccccc2)cc1Cl. The van der Waals surface area contributed by atoms with Crippen LogP contribution in [0.5, 0.6) is 0 Å². The summed E-state index contributed by atoms with van der Waals surface area (Å²) in [7, 11) is 0. The van der Waals surface area contributed by atoms with Crippen LogP contribution in [0.1, 0.15) is 12.5 Å². The molecule has 1 nitrogen and oxygen atoms in total. The van der Waals surface area contributed by atoms with E-state index in [0.717, 1.165) is 29.2 Å². The first kappa shape index (κ1) is 12.2. The van der Waals surface area contributed by atoms with Crippen LogP contribution in [0.3, 0.4) is 0 Å². The Morgan fingerprint density at radius 3 is 2.41 bits per heavy atom. The highest BCUT2D eigenvalue weighted by atomic mass is 35.5. The van der Waals surface area contributed by atoms with Crippen molar-refractivity contribution < 1.29 is 0 Å². The average molecular weight is 246 g/mol. The highest BCUT2D eigenvalue weighted by molar-refractivity contribution is 6.31. The van der Waals surface area contributed by atoms with Gasteiger partial charge in [0.2, 0.25) is 0 Å². The molecule has 0 unspecified atom stereocenters. The highest BCUT2D eigenvalue weighted by Crippen LogP contribution is 2.25. The van der Waals surface area contributed by atoms with E-state index in [-0.39, 0.29) is 0 Å². The zero-order valence-corrected chi connectivity index (χ0v) is 10.7. The van der Waals surface area contributed by atoms with E-state index in [1.54, 1.807) is 0 Å². The zero-order chi connectivity index (χ0) is 12.1. The third-order valence-electron chi connectivity index (χ3n) is 2.73. The van der Waals surface area contributed by atoms with Crippen molar-refractivity contribution in [3.8, 4) is 11.1 Å². The zero-order valence-electron chi connectivity index (χ0n) is 9.91. The maximum Gasteiger partial charge on any atom is 0.0457 e. The van der Waals surface area contributed by atoms with Gasteiger partial charge in [0.15, 0.2) is 0 Å². The molecule has 88 valence electrons. The molecule has 0 spiro atoms. The first-order valence-electron chi connectivity index (χ1n) is 5.86. The van der Waals surface area contributed by atoms with Crippen LogP contribution >= 0.6 is 11.6 Å². The lowest BCUT2D eigenvalue weighted by molar-refractivity contribution is 0.727. The molecule has 0 aliphatic heterocycles. The van der Waals surface area contributed by atoms with Gasteiger partial charge in [-0.15, -0.1) is 0 Å². The molecule has 0 saturated heterocycles. The molecule has 0 saturated carbocycles. The topological polar surface area (TPSA) is 12.0 Å². The minimum Gasteiger partial charge on any atom is -0.313 e. The van der Waals surface area contributed by atoms with E-state index >= 15 is 0 Å². The Bertz CT molecular complexity index is 480. The van der Waals surface area contributed by atoms with E-state index in [9.17, 15) is 0 Å². The Morgan fingerprint density at radius 1 is 1.00 bits per heavy atom. The van der Waals surface area contributed by atoms with E-state index in [2.05, 4.69) is 36.5 Å². The van der Waals surface area contributed by atoms with E-state index in [4.69, 9.17) is 11.6 Å². The molecule has 0 amide bonds. The summed E-state index contributed by atoms with van der Waals surface area (Å²) in [5, 5.41) is 4.11. The minimum atomic E-state index is 0.824. The van der Waals surface area contributed by atoms with Crippen LogP contribution in [0.2, 0.25) is 5.02 Å². The molecule has 2 heteroatoms. The minimum absolute atomic E-state index is 0.824. The molecule has 0 aliphatic carbocycles. The summed E-state index contributed by atoms with van der Waals surface area (Å²) in [6, 6.07) is 16.5. The Morgan fingerprint density at radius 2 is 1.76 bits per heavy atom. The Balaban J connectivity index is 2.25. The van der Waals surface area contributed by atoms with Gasteiger partial charge in [-0.2, -0.15) is 0 Å². The summed E-state index contributed by atoms with van der Waals surface area (Å²) in [4.78, 5) is 0. The standard InChI is InChI=1S/C15H16ClN/c1-2-17-11-14-9-8-13(10-15(14)16)12-6-4-3-5-7-12/h3-10,17H,2,11H2,1H3. The Labute approximate surface area is 107 Å². The van der Waals surface area contributed by atoms with Crippen molar-refractivity contribution in [2.45, 2.75) is 13.5 Å². The van der Waals surface area contributed by atoms with Crippen molar-refractivity contribution >= 4 is 11.6 Å². The van der Waals surface area contributed by atoms with Gasteiger partial charge in [0.25, 0.3) is 0 Å². The van der Waals surface area contributed by atoms with Crippen LogP contribution < -0.4 is 5.32 Å². The second kappa shape index (κ2) is 5.85. The molecule has 0 aromatic heterocycles. The van der Waals surface area contributed by atoms with E-state index < -0.39 is 0 Å². The fourth-order valence-corrected chi connectivity index (χ4v) is 2.01. The van der Waals surface area contributed by atoms with Crippen molar-refractivity contribution in [1.82, 2.24) is 5.32 Å². The third kappa shape index (κ3) is 3.09. The average Bonchev–Trinajstić information content (AvgIpc) is 2.38. The summed E-state index contributed by atoms with van der Waals surface area (Å²) in [6.07, 6.45) is 0. The molecular formula is C15H16ClN. The normalized spacial score (nSPS) is 10.5. The molecule has 0 atom stereocenters. The van der Waals surface area contributed by atoms with Crippen molar-refractivity contribution in [3.05, 3.63) is 59.1 Å². The summed E-state index contributed by atoms with van der Waals surface area (Å²) in [5.74, 6) is 0. The molecule has 0 heterocycles. The van der Waals surface area contributed by atoms with E-state index in [1.807, 2.05) is 24.3 Å². The molecule has 0 bridgehead atoms. The first-order chi connectivity index (χ1) is 8.31. The van der Waals surface area contributed by atoms with Gasteiger partial charge in [-0.1, -0.05) is 61.0 Å². The van der Waals surface area contributed by atoms with Crippen molar-refractivity contribution in [1.29, 1.82) is 0 Å². The third-order valence-corrected chi connectivity index (χ3v) is 3.08. The Hall–Kier alpha value is -1.31. The molecule has 2 aromatic carbocycles. The summed E-state index contributed by atoms with van der Waals surface area (Å²) < 4.78 is 0. The molecular weight excluding hydrogens is 230 g/mol. The van der Waals surface area contributed by atoms with E-state index in [0.29, 0.717) is 0 Å². The van der Waals surface area contributed by atoms with Gasteiger partial charge in [0, 0.05) is 11.6 Å². The quantitative estimate of drug-likeness (QED) is 0.855. The van der Waals surface area contributed by atoms with Gasteiger partial charge >= 0.3 is 0 Å². The Kier molecular flexibility index (Phi) is 4.18. The number of halogens is 1. The fraction of sp³-hybridized carbons (Fsp3) is 0.200. The fourth-order valence-electron chi connectivity index (χ4n) is 1.76. The first-order valence-corrected chi connectivity index (χ1v) is 6.23. The molecule has 2 rings (SSSR count). The molecule has 1 N–H and O–H groups in total. The van der Waals surface area contributed by atoms with Crippen molar-refractivity contribution in [2.75, 3.05) is 6.54 Å². The molecule has 0 fully saturated rings. The number of benzene rings is 2. The highest BCUT2D eigenvalue weighted by Gasteiger charge is 2.02. The maximum atomic E-state index is 6.28. The number of rotatable bonds is 4. The van der Waals surface area contributed by atoms with Crippen LogP contribution in [0, 0.1) is 0 Å². The lowest BCUT2D eigenvalue weighted by Gasteiger charge is -2.07. The summed E-state index contributed by atoms with van der Waals surface area (Å²) in [5.41, 5.74) is 3.51. The lowest BCUT2D eigenvalue weighted by atomic mass is 10.0. The van der Waals surface area contributed by atoms with Crippen molar-refractivity contribution in [2.24, 2.45) is 0 Å². The monoisotopic (exact) mass is 245 g/mol. The maximum absolute atomic E-state index is 6.28. The summed E-state index contributed by atoms with van der Waals surface area (Å²) in [6.45, 7) is 3.87. The molecule has 17 heavy (non-hydrogen) atoms.